The van der Waals surface area contributed by atoms with E-state index in [1.807, 2.05) is 18.2 Å². The van der Waals surface area contributed by atoms with Crippen LogP contribution in [0.2, 0.25) is 0 Å². The molecule has 0 amide bonds. The van der Waals surface area contributed by atoms with Gasteiger partial charge in [0.05, 0.1) is 6.10 Å². The summed E-state index contributed by atoms with van der Waals surface area (Å²) in [5.74, 6) is 1.92. The van der Waals surface area contributed by atoms with Crippen molar-refractivity contribution in [1.29, 1.82) is 0 Å². The van der Waals surface area contributed by atoms with Gasteiger partial charge in [-0.25, -0.2) is 0 Å². The van der Waals surface area contributed by atoms with Crippen molar-refractivity contribution in [2.24, 2.45) is 10.4 Å². The lowest BCUT2D eigenvalue weighted by molar-refractivity contribution is -0.168. The molecular formula is C20H29IN6O2. The second-order valence-corrected chi connectivity index (χ2v) is 7.44. The minimum Gasteiger partial charge on any atom is -0.378 e. The zero-order valence-electron chi connectivity index (χ0n) is 16.9. The molecule has 2 aromatic heterocycles. The number of aliphatic imine (C=N–C) groups is 1. The Morgan fingerprint density at radius 2 is 2.24 bits per heavy atom. The summed E-state index contributed by atoms with van der Waals surface area (Å²) in [7, 11) is 1.80. The van der Waals surface area contributed by atoms with Crippen LogP contribution >= 0.6 is 24.0 Å². The molecule has 0 radical (unpaired) electrons. The Labute approximate surface area is 188 Å². The molecule has 0 aromatic carbocycles. The van der Waals surface area contributed by atoms with Crippen LogP contribution in [0.15, 0.2) is 33.9 Å². The maximum Gasteiger partial charge on any atom is 0.276 e. The van der Waals surface area contributed by atoms with Gasteiger partial charge < -0.3 is 19.9 Å². The highest BCUT2D eigenvalue weighted by Gasteiger charge is 2.59. The van der Waals surface area contributed by atoms with Gasteiger partial charge in [-0.05, 0) is 38.3 Å². The molecule has 2 atom stereocenters. The molecule has 2 aromatic rings. The quantitative estimate of drug-likeness (QED) is 0.335. The normalized spacial score (nSPS) is 22.3. The predicted molar refractivity (Wildman–Crippen MR) is 121 cm³/mol. The van der Waals surface area contributed by atoms with E-state index >= 15 is 0 Å². The van der Waals surface area contributed by atoms with Gasteiger partial charge in [0.25, 0.3) is 5.89 Å². The van der Waals surface area contributed by atoms with Crippen LogP contribution < -0.4 is 10.6 Å². The van der Waals surface area contributed by atoms with Gasteiger partial charge in [-0.3, -0.25) is 9.98 Å². The molecule has 8 nitrogen and oxygen atoms in total. The summed E-state index contributed by atoms with van der Waals surface area (Å²) < 4.78 is 11.2. The van der Waals surface area contributed by atoms with Crippen molar-refractivity contribution in [2.75, 3.05) is 20.2 Å². The molecule has 9 heteroatoms. The molecule has 2 aliphatic carbocycles. The van der Waals surface area contributed by atoms with E-state index in [4.69, 9.17) is 9.26 Å². The Kier molecular flexibility index (Phi) is 7.44. The van der Waals surface area contributed by atoms with Crippen LogP contribution in [0.4, 0.5) is 0 Å². The number of ether oxygens (including phenoxy) is 1. The Morgan fingerprint density at radius 1 is 1.38 bits per heavy atom. The molecule has 29 heavy (non-hydrogen) atoms. The first-order chi connectivity index (χ1) is 13.7. The predicted octanol–water partition coefficient (Wildman–Crippen LogP) is 2.80. The van der Waals surface area contributed by atoms with Crippen molar-refractivity contribution >= 4 is 29.9 Å². The Hall–Kier alpha value is -1.75. The number of rotatable bonds is 7. The monoisotopic (exact) mass is 512 g/mol. The van der Waals surface area contributed by atoms with Gasteiger partial charge in [-0.1, -0.05) is 17.6 Å². The Morgan fingerprint density at radius 3 is 2.90 bits per heavy atom. The van der Waals surface area contributed by atoms with E-state index in [1.165, 1.54) is 19.3 Å². The highest BCUT2D eigenvalue weighted by molar-refractivity contribution is 14.0. The van der Waals surface area contributed by atoms with Gasteiger partial charge in [0.2, 0.25) is 0 Å². The number of hydrogen-bond acceptors (Lipinski definition) is 6. The van der Waals surface area contributed by atoms with Gasteiger partial charge in [0.1, 0.15) is 5.69 Å². The maximum absolute atomic E-state index is 5.93. The Bertz CT molecular complexity index is 808. The van der Waals surface area contributed by atoms with Crippen LogP contribution in [0, 0.1) is 5.41 Å². The largest absolute Gasteiger partial charge is 0.378 e. The third kappa shape index (κ3) is 4.55. The lowest BCUT2D eigenvalue weighted by Crippen LogP contribution is -2.68. The highest BCUT2D eigenvalue weighted by atomic mass is 127. The van der Waals surface area contributed by atoms with Crippen LogP contribution in [0.3, 0.4) is 0 Å². The average Bonchev–Trinajstić information content (AvgIpc) is 3.14. The van der Waals surface area contributed by atoms with Crippen LogP contribution in [0.5, 0.6) is 0 Å². The number of nitrogens with zero attached hydrogens (tertiary/aromatic N) is 4. The number of hydrogen-bond donors (Lipinski definition) is 2. The summed E-state index contributed by atoms with van der Waals surface area (Å²) in [6.45, 7) is 3.54. The molecule has 2 aliphatic rings. The second kappa shape index (κ2) is 9.84. The molecule has 0 aliphatic heterocycles. The standard InChI is InChI=1S/C20H28N6O2.HI/c1-3-27-16-13-15(20(16)9-6-10-20)24-19(21-2)23-12-8-17-25-18(28-26-17)14-7-4-5-11-22-14;/h4-5,7,11,15-16H,3,6,8-10,12-13H2,1-2H3,(H2,21,23,24);1H. The van der Waals surface area contributed by atoms with Gasteiger partial charge >= 0.3 is 0 Å². The first-order valence-corrected chi connectivity index (χ1v) is 10.1. The smallest absolute Gasteiger partial charge is 0.276 e. The van der Waals surface area contributed by atoms with Crippen LogP contribution in [0.1, 0.15) is 38.4 Å². The molecule has 1 spiro atoms. The lowest BCUT2D eigenvalue weighted by Gasteiger charge is -2.61. The molecule has 0 bridgehead atoms. The highest BCUT2D eigenvalue weighted by Crippen LogP contribution is 2.57. The summed E-state index contributed by atoms with van der Waals surface area (Å²) in [6.07, 6.45) is 7.58. The molecule has 2 N–H and O–H groups in total. The van der Waals surface area contributed by atoms with E-state index in [2.05, 4.69) is 37.7 Å². The topological polar surface area (TPSA) is 97.5 Å². The van der Waals surface area contributed by atoms with Gasteiger partial charge in [-0.2, -0.15) is 4.98 Å². The molecular weight excluding hydrogens is 483 g/mol. The van der Waals surface area contributed by atoms with Gasteiger partial charge in [0, 0.05) is 44.3 Å². The molecule has 0 saturated heterocycles. The molecule has 2 heterocycles. The number of aromatic nitrogens is 3. The van der Waals surface area contributed by atoms with Gasteiger partial charge in [0.15, 0.2) is 11.8 Å². The molecule has 2 unspecified atom stereocenters. The zero-order valence-corrected chi connectivity index (χ0v) is 19.3. The fourth-order valence-electron chi connectivity index (χ4n) is 4.24. The Balaban J connectivity index is 0.00000240. The minimum atomic E-state index is 0. The van der Waals surface area contributed by atoms with Crippen molar-refractivity contribution in [1.82, 2.24) is 25.8 Å². The molecule has 158 valence electrons. The van der Waals surface area contributed by atoms with Crippen molar-refractivity contribution in [2.45, 2.75) is 51.2 Å². The summed E-state index contributed by atoms with van der Waals surface area (Å²) in [4.78, 5) is 13.0. The fraction of sp³-hybridized carbons (Fsp3) is 0.600. The summed E-state index contributed by atoms with van der Waals surface area (Å²) in [6, 6.07) is 6.04. The number of nitrogens with one attached hydrogen (secondary N) is 2. The average molecular weight is 512 g/mol. The lowest BCUT2D eigenvalue weighted by atomic mass is 9.51. The van der Waals surface area contributed by atoms with Gasteiger partial charge in [-0.15, -0.1) is 24.0 Å². The van der Waals surface area contributed by atoms with Crippen molar-refractivity contribution < 1.29 is 9.26 Å². The van der Waals surface area contributed by atoms with E-state index in [1.54, 1.807) is 13.2 Å². The number of halogens is 1. The van der Waals surface area contributed by atoms with Crippen LogP contribution in [-0.4, -0.2) is 53.4 Å². The third-order valence-corrected chi connectivity index (χ3v) is 5.97. The van der Waals surface area contributed by atoms with E-state index in [0.717, 1.165) is 19.0 Å². The molecule has 2 saturated carbocycles. The summed E-state index contributed by atoms with van der Waals surface area (Å²) in [5.41, 5.74) is 0.991. The van der Waals surface area contributed by atoms with Crippen LogP contribution in [-0.2, 0) is 11.2 Å². The number of pyridine rings is 1. The van der Waals surface area contributed by atoms with Crippen molar-refractivity contribution in [3.8, 4) is 11.6 Å². The number of guanidine groups is 1. The van der Waals surface area contributed by atoms with E-state index in [-0.39, 0.29) is 24.0 Å². The maximum atomic E-state index is 5.93. The van der Waals surface area contributed by atoms with E-state index < -0.39 is 0 Å². The van der Waals surface area contributed by atoms with Crippen LogP contribution in [0.25, 0.3) is 11.6 Å². The van der Waals surface area contributed by atoms with Crippen molar-refractivity contribution in [3.63, 3.8) is 0 Å². The molecule has 4 rings (SSSR count). The zero-order chi connectivity index (χ0) is 19.4. The SMILES string of the molecule is CCOC1CC(NC(=NC)NCCc2noc(-c3ccccn3)n2)C12CCC2.I. The first-order valence-electron chi connectivity index (χ1n) is 10.1. The summed E-state index contributed by atoms with van der Waals surface area (Å²) >= 11 is 0. The molecule has 2 fully saturated rings. The summed E-state index contributed by atoms with van der Waals surface area (Å²) in [5, 5.41) is 11.0. The van der Waals surface area contributed by atoms with Crippen molar-refractivity contribution in [3.05, 3.63) is 30.2 Å². The second-order valence-electron chi connectivity index (χ2n) is 7.44. The van der Waals surface area contributed by atoms with E-state index in [0.29, 0.717) is 47.9 Å². The first kappa shape index (κ1) is 21.9. The fourth-order valence-corrected chi connectivity index (χ4v) is 4.24. The third-order valence-electron chi connectivity index (χ3n) is 5.97. The minimum absolute atomic E-state index is 0. The van der Waals surface area contributed by atoms with E-state index in [9.17, 15) is 0 Å².